The number of likely N-dealkylation sites (N-methyl/N-ethyl adjacent to an activating group) is 1. The molecule has 7 nitrogen and oxygen atoms in total. The number of phosphoric acid groups is 1. The lowest BCUT2D eigenvalue weighted by molar-refractivity contribution is 0.159. The standard InChI is InChI=1S/C12H16FN3.H3O4P/c1-15-6-8-16(9-7-15)14-10-11-2-4-12(13)5-3-11;1-5(2,3)4/h2-5,10H,6-9H2,1H3;(H3,1,2,3,4). The zero-order chi connectivity index (χ0) is 15.9. The number of halogens is 1. The van der Waals surface area contributed by atoms with Gasteiger partial charge in [-0.15, -0.1) is 0 Å². The first kappa shape index (κ1) is 17.7. The van der Waals surface area contributed by atoms with Crippen molar-refractivity contribution >= 4 is 14.0 Å². The molecular weight excluding hydrogens is 300 g/mol. The maximum Gasteiger partial charge on any atom is 0.466 e. The van der Waals surface area contributed by atoms with Gasteiger partial charge in [-0.3, -0.25) is 5.01 Å². The third-order valence-electron chi connectivity index (χ3n) is 2.72. The Kier molecular flexibility index (Phi) is 6.94. The summed E-state index contributed by atoms with van der Waals surface area (Å²) in [6.45, 7) is 3.99. The van der Waals surface area contributed by atoms with Crippen molar-refractivity contribution in [2.45, 2.75) is 0 Å². The van der Waals surface area contributed by atoms with Crippen molar-refractivity contribution in [2.75, 3.05) is 33.2 Å². The summed E-state index contributed by atoms with van der Waals surface area (Å²) in [5.74, 6) is -0.211. The third-order valence-corrected chi connectivity index (χ3v) is 2.72. The van der Waals surface area contributed by atoms with Crippen molar-refractivity contribution in [3.8, 4) is 0 Å². The van der Waals surface area contributed by atoms with E-state index in [1.807, 2.05) is 5.01 Å². The molecule has 0 aliphatic carbocycles. The highest BCUT2D eigenvalue weighted by Crippen LogP contribution is 2.25. The van der Waals surface area contributed by atoms with Gasteiger partial charge in [-0.1, -0.05) is 12.1 Å². The Balaban J connectivity index is 0.000000383. The Morgan fingerprint density at radius 1 is 1.14 bits per heavy atom. The third kappa shape index (κ3) is 9.28. The van der Waals surface area contributed by atoms with E-state index >= 15 is 0 Å². The maximum absolute atomic E-state index is 12.7. The molecule has 0 bridgehead atoms. The summed E-state index contributed by atoms with van der Waals surface area (Å²) >= 11 is 0. The lowest BCUT2D eigenvalue weighted by atomic mass is 10.2. The minimum atomic E-state index is -4.64. The Morgan fingerprint density at radius 2 is 1.62 bits per heavy atom. The van der Waals surface area contributed by atoms with Crippen LogP contribution in [0.1, 0.15) is 5.56 Å². The molecule has 0 unspecified atom stereocenters. The molecule has 0 atom stereocenters. The molecule has 0 radical (unpaired) electrons. The van der Waals surface area contributed by atoms with Crippen LogP contribution < -0.4 is 0 Å². The smallest absolute Gasteiger partial charge is 0.303 e. The van der Waals surface area contributed by atoms with Crippen LogP contribution in [0, 0.1) is 5.82 Å². The molecule has 1 aromatic carbocycles. The zero-order valence-corrected chi connectivity index (χ0v) is 12.5. The second-order valence-electron chi connectivity index (χ2n) is 4.57. The van der Waals surface area contributed by atoms with Crippen molar-refractivity contribution in [1.82, 2.24) is 9.91 Å². The summed E-state index contributed by atoms with van der Waals surface area (Å²) in [7, 11) is -2.53. The van der Waals surface area contributed by atoms with Crippen LogP contribution in [0.15, 0.2) is 29.4 Å². The van der Waals surface area contributed by atoms with Crippen molar-refractivity contribution in [1.29, 1.82) is 0 Å². The van der Waals surface area contributed by atoms with E-state index in [4.69, 9.17) is 19.2 Å². The Bertz CT molecular complexity index is 489. The molecule has 0 saturated carbocycles. The summed E-state index contributed by atoms with van der Waals surface area (Å²) < 4.78 is 21.5. The number of hydrazone groups is 1. The average molecular weight is 319 g/mol. The molecular formula is C12H19FN3O4P. The summed E-state index contributed by atoms with van der Waals surface area (Å²) in [4.78, 5) is 23.8. The molecule has 3 N–H and O–H groups in total. The lowest BCUT2D eigenvalue weighted by Crippen LogP contribution is -2.41. The van der Waals surface area contributed by atoms with E-state index in [-0.39, 0.29) is 5.82 Å². The van der Waals surface area contributed by atoms with Crippen LogP contribution in [0.2, 0.25) is 0 Å². The molecule has 9 heteroatoms. The van der Waals surface area contributed by atoms with Crippen LogP contribution >= 0.6 is 7.82 Å². The largest absolute Gasteiger partial charge is 0.466 e. The second kappa shape index (κ2) is 8.21. The van der Waals surface area contributed by atoms with Gasteiger partial charge in [-0.25, -0.2) is 8.96 Å². The fraction of sp³-hybridized carbons (Fsp3) is 0.417. The summed E-state index contributed by atoms with van der Waals surface area (Å²) in [6, 6.07) is 6.36. The molecule has 1 aliphatic heterocycles. The van der Waals surface area contributed by atoms with Crippen LogP contribution in [0.4, 0.5) is 4.39 Å². The fourth-order valence-electron chi connectivity index (χ4n) is 1.61. The van der Waals surface area contributed by atoms with Gasteiger partial charge in [-0.05, 0) is 24.7 Å². The molecule has 1 heterocycles. The molecule has 118 valence electrons. The topological polar surface area (TPSA) is 96.6 Å². The number of hydrogen-bond acceptors (Lipinski definition) is 4. The predicted octanol–water partition coefficient (Wildman–Crippen LogP) is 0.478. The van der Waals surface area contributed by atoms with Crippen LogP contribution in [0.5, 0.6) is 0 Å². The van der Waals surface area contributed by atoms with Gasteiger partial charge < -0.3 is 19.6 Å². The van der Waals surface area contributed by atoms with E-state index in [0.29, 0.717) is 0 Å². The van der Waals surface area contributed by atoms with E-state index in [0.717, 1.165) is 31.7 Å². The van der Waals surface area contributed by atoms with Crippen LogP contribution in [0.25, 0.3) is 0 Å². The number of benzene rings is 1. The predicted molar refractivity (Wildman–Crippen MR) is 77.3 cm³/mol. The van der Waals surface area contributed by atoms with Gasteiger partial charge in [0.1, 0.15) is 5.82 Å². The second-order valence-corrected chi connectivity index (χ2v) is 5.59. The Labute approximate surface area is 122 Å². The molecule has 0 aromatic heterocycles. The maximum atomic E-state index is 12.7. The molecule has 21 heavy (non-hydrogen) atoms. The first-order valence-corrected chi connectivity index (χ1v) is 7.82. The van der Waals surface area contributed by atoms with Gasteiger partial charge in [0.25, 0.3) is 0 Å². The highest BCUT2D eigenvalue weighted by molar-refractivity contribution is 7.45. The molecule has 2 rings (SSSR count). The Morgan fingerprint density at radius 3 is 2.10 bits per heavy atom. The molecule has 1 aliphatic rings. The first-order chi connectivity index (χ1) is 9.74. The van der Waals surface area contributed by atoms with E-state index in [2.05, 4.69) is 17.0 Å². The van der Waals surface area contributed by atoms with Crippen LogP contribution in [-0.4, -0.2) is 64.0 Å². The Hall–Kier alpha value is -1.31. The number of hydrogen-bond donors (Lipinski definition) is 3. The van der Waals surface area contributed by atoms with Crippen molar-refractivity contribution in [3.63, 3.8) is 0 Å². The molecule has 0 spiro atoms. The van der Waals surface area contributed by atoms with Crippen molar-refractivity contribution < 1.29 is 23.6 Å². The van der Waals surface area contributed by atoms with E-state index in [1.165, 1.54) is 12.1 Å². The SMILES string of the molecule is CN1CCN(N=Cc2ccc(F)cc2)CC1.O=P(O)(O)O. The monoisotopic (exact) mass is 319 g/mol. The number of rotatable bonds is 2. The van der Waals surface area contributed by atoms with Gasteiger partial charge >= 0.3 is 7.82 Å². The number of nitrogens with zero attached hydrogens (tertiary/aromatic N) is 3. The molecule has 1 saturated heterocycles. The normalized spacial score (nSPS) is 16.7. The van der Waals surface area contributed by atoms with Crippen molar-refractivity contribution in [3.05, 3.63) is 35.6 Å². The molecule has 0 amide bonds. The zero-order valence-electron chi connectivity index (χ0n) is 11.6. The summed E-state index contributed by atoms with van der Waals surface area (Å²) in [5.41, 5.74) is 0.931. The minimum absolute atomic E-state index is 0.211. The quantitative estimate of drug-likeness (QED) is 0.542. The van der Waals surface area contributed by atoms with Gasteiger partial charge in [0.05, 0.1) is 6.21 Å². The fourth-order valence-corrected chi connectivity index (χ4v) is 1.61. The van der Waals surface area contributed by atoms with Gasteiger partial charge in [0.2, 0.25) is 0 Å². The van der Waals surface area contributed by atoms with Crippen molar-refractivity contribution in [2.24, 2.45) is 5.10 Å². The highest BCUT2D eigenvalue weighted by atomic mass is 31.2. The number of piperazine rings is 1. The molecule has 1 aromatic rings. The van der Waals surface area contributed by atoms with E-state index in [1.54, 1.807) is 18.3 Å². The van der Waals surface area contributed by atoms with E-state index in [9.17, 15) is 4.39 Å². The van der Waals surface area contributed by atoms with Gasteiger partial charge in [-0.2, -0.15) is 5.10 Å². The van der Waals surface area contributed by atoms with E-state index < -0.39 is 7.82 Å². The minimum Gasteiger partial charge on any atom is -0.303 e. The van der Waals surface area contributed by atoms with Gasteiger partial charge in [0, 0.05) is 26.2 Å². The summed E-state index contributed by atoms with van der Waals surface area (Å²) in [6.07, 6.45) is 1.78. The first-order valence-electron chi connectivity index (χ1n) is 6.25. The molecule has 1 fully saturated rings. The lowest BCUT2D eigenvalue weighted by Gasteiger charge is -2.30. The average Bonchev–Trinajstić information content (AvgIpc) is 2.38. The van der Waals surface area contributed by atoms with Gasteiger partial charge in [0.15, 0.2) is 0 Å². The van der Waals surface area contributed by atoms with Crippen LogP contribution in [-0.2, 0) is 4.57 Å². The summed E-state index contributed by atoms with van der Waals surface area (Å²) in [5, 5.41) is 6.42. The highest BCUT2D eigenvalue weighted by Gasteiger charge is 2.10. The van der Waals surface area contributed by atoms with Crippen LogP contribution in [0.3, 0.4) is 0 Å².